The molecule has 0 radical (unpaired) electrons. The molecule has 2 heteroatoms. The summed E-state index contributed by atoms with van der Waals surface area (Å²) >= 11 is 0. The summed E-state index contributed by atoms with van der Waals surface area (Å²) in [6.07, 6.45) is 2.79. The Kier molecular flexibility index (Phi) is 3.50. The van der Waals surface area contributed by atoms with Crippen molar-refractivity contribution in [3.63, 3.8) is 0 Å². The van der Waals surface area contributed by atoms with Gasteiger partial charge >= 0.3 is 0 Å². The number of aromatic hydroxyl groups is 1. The molecule has 0 aromatic heterocycles. The van der Waals surface area contributed by atoms with Crippen molar-refractivity contribution in [1.82, 2.24) is 0 Å². The number of carbonyl (C=O) groups is 1. The van der Waals surface area contributed by atoms with Gasteiger partial charge < -0.3 is 9.90 Å². The number of hydrogen-bond acceptors (Lipinski definition) is 2. The number of aryl methyl sites for hydroxylation is 2. The van der Waals surface area contributed by atoms with Crippen LogP contribution in [0, 0.1) is 0 Å². The summed E-state index contributed by atoms with van der Waals surface area (Å²) in [6.45, 7) is 2.00. The van der Waals surface area contributed by atoms with Crippen LogP contribution in [-0.2, 0) is 17.6 Å². The molecule has 2 nitrogen and oxygen atoms in total. The quantitative estimate of drug-likeness (QED) is 0.717. The Labute approximate surface area is 78.2 Å². The summed E-state index contributed by atoms with van der Waals surface area (Å²) < 4.78 is 0. The molecule has 0 saturated heterocycles. The zero-order valence-corrected chi connectivity index (χ0v) is 7.79. The SMILES string of the molecule is CCc1cccc(CCC=O)c1O. The molecule has 0 aliphatic rings. The maximum atomic E-state index is 10.2. The van der Waals surface area contributed by atoms with Crippen LogP contribution in [0.4, 0.5) is 0 Å². The Bertz CT molecular complexity index is 292. The predicted molar refractivity (Wildman–Crippen MR) is 51.9 cm³/mol. The molecular formula is C11H14O2. The van der Waals surface area contributed by atoms with E-state index in [1.807, 2.05) is 25.1 Å². The predicted octanol–water partition coefficient (Wildman–Crippen LogP) is 2.09. The van der Waals surface area contributed by atoms with Gasteiger partial charge in [-0.15, -0.1) is 0 Å². The number of phenols is 1. The maximum Gasteiger partial charge on any atom is 0.121 e. The van der Waals surface area contributed by atoms with Gasteiger partial charge in [-0.1, -0.05) is 25.1 Å². The van der Waals surface area contributed by atoms with Gasteiger partial charge in [-0.25, -0.2) is 0 Å². The molecule has 0 bridgehead atoms. The first kappa shape index (κ1) is 9.78. The van der Waals surface area contributed by atoms with Crippen molar-refractivity contribution >= 4 is 6.29 Å². The van der Waals surface area contributed by atoms with E-state index in [1.165, 1.54) is 0 Å². The third-order valence-corrected chi connectivity index (χ3v) is 2.12. The summed E-state index contributed by atoms with van der Waals surface area (Å²) in [5, 5.41) is 9.70. The molecular weight excluding hydrogens is 164 g/mol. The first-order chi connectivity index (χ1) is 6.29. The molecule has 0 fully saturated rings. The van der Waals surface area contributed by atoms with Crippen LogP contribution < -0.4 is 0 Å². The molecule has 1 aromatic carbocycles. The van der Waals surface area contributed by atoms with E-state index in [2.05, 4.69) is 0 Å². The van der Waals surface area contributed by atoms with E-state index in [0.717, 1.165) is 23.8 Å². The van der Waals surface area contributed by atoms with Crippen molar-refractivity contribution in [2.24, 2.45) is 0 Å². The molecule has 0 spiro atoms. The second-order valence-electron chi connectivity index (χ2n) is 2.98. The average molecular weight is 178 g/mol. The zero-order valence-electron chi connectivity index (χ0n) is 7.79. The smallest absolute Gasteiger partial charge is 0.121 e. The third kappa shape index (κ3) is 2.31. The van der Waals surface area contributed by atoms with Gasteiger partial charge in [-0.3, -0.25) is 0 Å². The van der Waals surface area contributed by atoms with Crippen molar-refractivity contribution < 1.29 is 9.90 Å². The van der Waals surface area contributed by atoms with E-state index in [9.17, 15) is 9.90 Å². The lowest BCUT2D eigenvalue weighted by Gasteiger charge is -2.06. The van der Waals surface area contributed by atoms with Gasteiger partial charge in [-0.2, -0.15) is 0 Å². The van der Waals surface area contributed by atoms with E-state index in [0.29, 0.717) is 18.6 Å². The second-order valence-corrected chi connectivity index (χ2v) is 2.98. The van der Waals surface area contributed by atoms with E-state index in [1.54, 1.807) is 0 Å². The van der Waals surface area contributed by atoms with Gasteiger partial charge in [0.15, 0.2) is 0 Å². The molecule has 0 amide bonds. The Hall–Kier alpha value is -1.31. The van der Waals surface area contributed by atoms with Crippen LogP contribution in [0.1, 0.15) is 24.5 Å². The van der Waals surface area contributed by atoms with Crippen LogP contribution in [0.15, 0.2) is 18.2 Å². The van der Waals surface area contributed by atoms with Crippen LogP contribution in [0.2, 0.25) is 0 Å². The molecule has 13 heavy (non-hydrogen) atoms. The second kappa shape index (κ2) is 4.65. The largest absolute Gasteiger partial charge is 0.507 e. The molecule has 1 rings (SSSR count). The average Bonchev–Trinajstić information content (AvgIpc) is 2.16. The fourth-order valence-corrected chi connectivity index (χ4v) is 1.35. The van der Waals surface area contributed by atoms with Gasteiger partial charge in [0.25, 0.3) is 0 Å². The topological polar surface area (TPSA) is 37.3 Å². The molecule has 0 aliphatic carbocycles. The lowest BCUT2D eigenvalue weighted by Crippen LogP contribution is -1.90. The highest BCUT2D eigenvalue weighted by molar-refractivity contribution is 5.51. The first-order valence-corrected chi connectivity index (χ1v) is 4.53. The van der Waals surface area contributed by atoms with Gasteiger partial charge in [-0.05, 0) is 24.0 Å². The standard InChI is InChI=1S/C11H14O2/c1-2-9-5-3-6-10(11(9)13)7-4-8-12/h3,5-6,8,13H,2,4,7H2,1H3. The molecule has 0 atom stereocenters. The Morgan fingerprint density at radius 1 is 1.38 bits per heavy atom. The highest BCUT2D eigenvalue weighted by atomic mass is 16.3. The normalized spacial score (nSPS) is 9.92. The number of phenolic OH excluding ortho intramolecular Hbond substituents is 1. The van der Waals surface area contributed by atoms with Crippen LogP contribution in [0.3, 0.4) is 0 Å². The van der Waals surface area contributed by atoms with Gasteiger partial charge in [0.1, 0.15) is 12.0 Å². The van der Waals surface area contributed by atoms with E-state index in [-0.39, 0.29) is 0 Å². The van der Waals surface area contributed by atoms with Crippen LogP contribution in [0.25, 0.3) is 0 Å². The monoisotopic (exact) mass is 178 g/mol. The number of para-hydroxylation sites is 1. The van der Waals surface area contributed by atoms with Crippen LogP contribution in [-0.4, -0.2) is 11.4 Å². The number of hydrogen-bond donors (Lipinski definition) is 1. The van der Waals surface area contributed by atoms with Gasteiger partial charge in [0, 0.05) is 6.42 Å². The molecule has 0 heterocycles. The summed E-state index contributed by atoms with van der Waals surface area (Å²) in [5.74, 6) is 0.354. The van der Waals surface area contributed by atoms with Crippen molar-refractivity contribution in [3.8, 4) is 5.75 Å². The summed E-state index contributed by atoms with van der Waals surface area (Å²) in [4.78, 5) is 10.2. The fourth-order valence-electron chi connectivity index (χ4n) is 1.35. The number of carbonyl (C=O) groups excluding carboxylic acids is 1. The van der Waals surface area contributed by atoms with Crippen molar-refractivity contribution in [2.75, 3.05) is 0 Å². The summed E-state index contributed by atoms with van der Waals surface area (Å²) in [6, 6.07) is 5.68. The van der Waals surface area contributed by atoms with Gasteiger partial charge in [0.05, 0.1) is 0 Å². The maximum absolute atomic E-state index is 10.2. The van der Waals surface area contributed by atoms with E-state index >= 15 is 0 Å². The molecule has 70 valence electrons. The minimum Gasteiger partial charge on any atom is -0.507 e. The van der Waals surface area contributed by atoms with Crippen LogP contribution >= 0.6 is 0 Å². The molecule has 0 saturated carbocycles. The number of benzene rings is 1. The summed E-state index contributed by atoms with van der Waals surface area (Å²) in [5.41, 5.74) is 1.81. The number of rotatable bonds is 4. The Balaban J connectivity index is 2.87. The van der Waals surface area contributed by atoms with E-state index < -0.39 is 0 Å². The van der Waals surface area contributed by atoms with Crippen molar-refractivity contribution in [3.05, 3.63) is 29.3 Å². The first-order valence-electron chi connectivity index (χ1n) is 4.53. The Morgan fingerprint density at radius 2 is 2.08 bits per heavy atom. The minimum absolute atomic E-state index is 0.354. The highest BCUT2D eigenvalue weighted by Crippen LogP contribution is 2.23. The molecule has 0 unspecified atom stereocenters. The van der Waals surface area contributed by atoms with Crippen molar-refractivity contribution in [1.29, 1.82) is 0 Å². The van der Waals surface area contributed by atoms with Gasteiger partial charge in [0.2, 0.25) is 0 Å². The van der Waals surface area contributed by atoms with Crippen LogP contribution in [0.5, 0.6) is 5.75 Å². The molecule has 1 N–H and O–H groups in total. The Morgan fingerprint density at radius 3 is 2.69 bits per heavy atom. The zero-order chi connectivity index (χ0) is 9.68. The third-order valence-electron chi connectivity index (χ3n) is 2.12. The molecule has 1 aromatic rings. The van der Waals surface area contributed by atoms with Crippen molar-refractivity contribution in [2.45, 2.75) is 26.2 Å². The molecule has 0 aliphatic heterocycles. The lowest BCUT2D eigenvalue weighted by molar-refractivity contribution is -0.107. The fraction of sp³-hybridized carbons (Fsp3) is 0.364. The highest BCUT2D eigenvalue weighted by Gasteiger charge is 2.04. The number of aldehydes is 1. The van der Waals surface area contributed by atoms with E-state index in [4.69, 9.17) is 0 Å². The lowest BCUT2D eigenvalue weighted by atomic mass is 10.0. The minimum atomic E-state index is 0.354. The summed E-state index contributed by atoms with van der Waals surface area (Å²) in [7, 11) is 0.